The number of ether oxygens (including phenoxy) is 2. The molecule has 0 unspecified atom stereocenters. The fourth-order valence-corrected chi connectivity index (χ4v) is 2.51. The van der Waals surface area contributed by atoms with E-state index < -0.39 is 0 Å². The van der Waals surface area contributed by atoms with E-state index in [0.29, 0.717) is 16.7 Å². The molecule has 0 atom stereocenters. The van der Waals surface area contributed by atoms with Crippen LogP contribution in [0.25, 0.3) is 0 Å². The average molecular weight is 349 g/mol. The van der Waals surface area contributed by atoms with E-state index in [2.05, 4.69) is 20.9 Å². The Morgan fingerprint density at radius 2 is 2.10 bits per heavy atom. The molecule has 1 aliphatic rings. The van der Waals surface area contributed by atoms with Crippen molar-refractivity contribution in [1.29, 1.82) is 0 Å². The van der Waals surface area contributed by atoms with Crippen LogP contribution in [0, 0.1) is 0 Å². The number of rotatable bonds is 3. The summed E-state index contributed by atoms with van der Waals surface area (Å²) in [4.78, 5) is 18.0. The lowest BCUT2D eigenvalue weighted by molar-refractivity contribution is 0.0784. The molecule has 0 aliphatic carbocycles. The van der Waals surface area contributed by atoms with Crippen LogP contribution in [0.4, 0.5) is 0 Å². The van der Waals surface area contributed by atoms with Gasteiger partial charge in [-0.25, -0.2) is 4.98 Å². The number of nitrogens with zero attached hydrogens (tertiary/aromatic N) is 2. The minimum Gasteiger partial charge on any atom is -0.454 e. The standard InChI is InChI=1S/C15H13BrN2O3/c1-18(15(19)11-4-5-17-14(16)7-11)8-10-2-3-12-13(6-10)21-9-20-12/h2-7H,8-9H2,1H3. The van der Waals surface area contributed by atoms with Gasteiger partial charge in [0, 0.05) is 25.4 Å². The number of benzene rings is 1. The maximum absolute atomic E-state index is 12.4. The number of halogens is 1. The molecule has 0 N–H and O–H groups in total. The molecule has 1 amide bonds. The number of carbonyl (C=O) groups excluding carboxylic acids is 1. The topological polar surface area (TPSA) is 51.7 Å². The molecule has 2 aromatic rings. The van der Waals surface area contributed by atoms with Crippen molar-refractivity contribution in [3.63, 3.8) is 0 Å². The fraction of sp³-hybridized carbons (Fsp3) is 0.200. The van der Waals surface area contributed by atoms with Gasteiger partial charge in [0.2, 0.25) is 6.79 Å². The van der Waals surface area contributed by atoms with E-state index in [0.717, 1.165) is 17.1 Å². The van der Waals surface area contributed by atoms with E-state index in [9.17, 15) is 4.79 Å². The Morgan fingerprint density at radius 1 is 1.29 bits per heavy atom. The quantitative estimate of drug-likeness (QED) is 0.800. The zero-order valence-electron chi connectivity index (χ0n) is 11.4. The van der Waals surface area contributed by atoms with Gasteiger partial charge in [-0.1, -0.05) is 6.07 Å². The highest BCUT2D eigenvalue weighted by Crippen LogP contribution is 2.32. The van der Waals surface area contributed by atoms with Crippen molar-refractivity contribution < 1.29 is 14.3 Å². The van der Waals surface area contributed by atoms with E-state index >= 15 is 0 Å². The molecule has 0 radical (unpaired) electrons. The third-order valence-corrected chi connectivity index (χ3v) is 3.61. The van der Waals surface area contributed by atoms with E-state index in [4.69, 9.17) is 9.47 Å². The van der Waals surface area contributed by atoms with E-state index in [1.807, 2.05) is 18.2 Å². The van der Waals surface area contributed by atoms with Gasteiger partial charge < -0.3 is 14.4 Å². The van der Waals surface area contributed by atoms with Crippen LogP contribution in [-0.4, -0.2) is 29.6 Å². The molecule has 0 saturated carbocycles. The first kappa shape index (κ1) is 13.9. The second kappa shape index (κ2) is 5.73. The molecule has 2 heterocycles. The number of hydrogen-bond donors (Lipinski definition) is 0. The van der Waals surface area contributed by atoms with Crippen LogP contribution in [0.3, 0.4) is 0 Å². The predicted octanol–water partition coefficient (Wildman–Crippen LogP) is 2.85. The van der Waals surface area contributed by atoms with Crippen LogP contribution in [0.5, 0.6) is 11.5 Å². The maximum atomic E-state index is 12.4. The van der Waals surface area contributed by atoms with Crippen molar-refractivity contribution in [2.24, 2.45) is 0 Å². The highest BCUT2D eigenvalue weighted by atomic mass is 79.9. The molecule has 5 nitrogen and oxygen atoms in total. The van der Waals surface area contributed by atoms with Crippen molar-refractivity contribution in [2.45, 2.75) is 6.54 Å². The van der Waals surface area contributed by atoms with E-state index in [-0.39, 0.29) is 12.7 Å². The van der Waals surface area contributed by atoms with E-state index in [1.165, 1.54) is 0 Å². The normalized spacial score (nSPS) is 12.3. The fourth-order valence-electron chi connectivity index (χ4n) is 2.14. The molecule has 108 valence electrons. The van der Waals surface area contributed by atoms with Gasteiger partial charge in [0.25, 0.3) is 5.91 Å². The lowest BCUT2D eigenvalue weighted by Crippen LogP contribution is -2.26. The number of hydrogen-bond acceptors (Lipinski definition) is 4. The summed E-state index contributed by atoms with van der Waals surface area (Å²) in [5, 5.41) is 0. The summed E-state index contributed by atoms with van der Waals surface area (Å²) in [6.07, 6.45) is 1.60. The Balaban J connectivity index is 1.74. The summed E-state index contributed by atoms with van der Waals surface area (Å²) in [6, 6.07) is 9.09. The molecule has 3 rings (SSSR count). The molecular weight excluding hydrogens is 336 g/mol. The van der Waals surface area contributed by atoms with Crippen LogP contribution >= 0.6 is 15.9 Å². The third-order valence-electron chi connectivity index (χ3n) is 3.18. The molecule has 21 heavy (non-hydrogen) atoms. The highest BCUT2D eigenvalue weighted by Gasteiger charge is 2.16. The third kappa shape index (κ3) is 3.00. The maximum Gasteiger partial charge on any atom is 0.254 e. The summed E-state index contributed by atoms with van der Waals surface area (Å²) in [5.74, 6) is 1.40. The summed E-state index contributed by atoms with van der Waals surface area (Å²) in [6.45, 7) is 0.744. The Labute approximate surface area is 130 Å². The molecule has 0 bridgehead atoms. The molecular formula is C15H13BrN2O3. The summed E-state index contributed by atoms with van der Waals surface area (Å²) >= 11 is 3.27. The van der Waals surface area contributed by atoms with Crippen molar-refractivity contribution in [2.75, 3.05) is 13.8 Å². The summed E-state index contributed by atoms with van der Waals surface area (Å²) < 4.78 is 11.3. The second-order valence-corrected chi connectivity index (χ2v) is 5.53. The Bertz CT molecular complexity index is 690. The second-order valence-electron chi connectivity index (χ2n) is 4.72. The molecule has 0 saturated heterocycles. The van der Waals surface area contributed by atoms with Gasteiger partial charge in [0.1, 0.15) is 4.60 Å². The Kier molecular flexibility index (Phi) is 3.79. The molecule has 0 spiro atoms. The van der Waals surface area contributed by atoms with Crippen LogP contribution in [0.1, 0.15) is 15.9 Å². The van der Waals surface area contributed by atoms with Gasteiger partial charge in [0.05, 0.1) is 0 Å². The summed E-state index contributed by atoms with van der Waals surface area (Å²) in [5.41, 5.74) is 1.59. The molecule has 1 aromatic carbocycles. The monoisotopic (exact) mass is 348 g/mol. The Hall–Kier alpha value is -2.08. The number of pyridine rings is 1. The molecule has 1 aromatic heterocycles. The lowest BCUT2D eigenvalue weighted by Gasteiger charge is -2.17. The van der Waals surface area contributed by atoms with Crippen LogP contribution in [0.15, 0.2) is 41.1 Å². The zero-order valence-corrected chi connectivity index (χ0v) is 13.0. The lowest BCUT2D eigenvalue weighted by atomic mass is 10.1. The van der Waals surface area contributed by atoms with Crippen molar-refractivity contribution >= 4 is 21.8 Å². The Morgan fingerprint density at radius 3 is 2.90 bits per heavy atom. The predicted molar refractivity (Wildman–Crippen MR) is 80.3 cm³/mol. The summed E-state index contributed by atoms with van der Waals surface area (Å²) in [7, 11) is 1.77. The first-order valence-electron chi connectivity index (χ1n) is 6.39. The van der Waals surface area contributed by atoms with Gasteiger partial charge in [-0.15, -0.1) is 0 Å². The number of fused-ring (bicyclic) bond motifs is 1. The van der Waals surface area contributed by atoms with Crippen LogP contribution < -0.4 is 9.47 Å². The smallest absolute Gasteiger partial charge is 0.254 e. The first-order chi connectivity index (χ1) is 10.1. The zero-order chi connectivity index (χ0) is 14.8. The van der Waals surface area contributed by atoms with Gasteiger partial charge >= 0.3 is 0 Å². The molecule has 1 aliphatic heterocycles. The van der Waals surface area contributed by atoms with Crippen LogP contribution in [0.2, 0.25) is 0 Å². The van der Waals surface area contributed by atoms with Gasteiger partial charge in [-0.05, 0) is 45.8 Å². The first-order valence-corrected chi connectivity index (χ1v) is 7.18. The molecule has 6 heteroatoms. The largest absolute Gasteiger partial charge is 0.454 e. The average Bonchev–Trinajstić information content (AvgIpc) is 2.94. The van der Waals surface area contributed by atoms with Crippen molar-refractivity contribution in [1.82, 2.24) is 9.88 Å². The van der Waals surface area contributed by atoms with Crippen molar-refractivity contribution in [3.8, 4) is 11.5 Å². The van der Waals surface area contributed by atoms with E-state index in [1.54, 1.807) is 30.3 Å². The van der Waals surface area contributed by atoms with Crippen molar-refractivity contribution in [3.05, 3.63) is 52.3 Å². The SMILES string of the molecule is CN(Cc1ccc2c(c1)OCO2)C(=O)c1ccnc(Br)c1. The van der Waals surface area contributed by atoms with Gasteiger partial charge in [-0.2, -0.15) is 0 Å². The highest BCUT2D eigenvalue weighted by molar-refractivity contribution is 9.10. The van der Waals surface area contributed by atoms with Gasteiger partial charge in [-0.3, -0.25) is 4.79 Å². The number of aromatic nitrogens is 1. The number of amides is 1. The molecule has 0 fully saturated rings. The number of carbonyl (C=O) groups is 1. The minimum absolute atomic E-state index is 0.0595. The van der Waals surface area contributed by atoms with Crippen LogP contribution in [-0.2, 0) is 6.54 Å². The minimum atomic E-state index is -0.0595. The van der Waals surface area contributed by atoms with Gasteiger partial charge in [0.15, 0.2) is 11.5 Å².